The van der Waals surface area contributed by atoms with E-state index in [4.69, 9.17) is 11.6 Å². The van der Waals surface area contributed by atoms with Crippen molar-refractivity contribution < 1.29 is 0 Å². The van der Waals surface area contributed by atoms with Gasteiger partial charge in [0, 0.05) is 0 Å². The van der Waals surface area contributed by atoms with Crippen molar-refractivity contribution >= 4 is 27.5 Å². The third-order valence-electron chi connectivity index (χ3n) is 0. The van der Waals surface area contributed by atoms with E-state index in [9.17, 15) is 0 Å². The number of hydrogen-bond acceptors (Lipinski definition) is 0. The van der Waals surface area contributed by atoms with Crippen LogP contribution in [0.4, 0.5) is 0 Å². The molecule has 0 aliphatic heterocycles. The molecule has 0 unspecified atom stereocenters. The summed E-state index contributed by atoms with van der Waals surface area (Å²) in [6.07, 6.45) is 0. The predicted molar refractivity (Wildman–Crippen MR) is 30.9 cm³/mol. The second kappa shape index (κ2) is 24.4. The zero-order valence-corrected chi connectivity index (χ0v) is 5.38. The minimum Gasteiger partial charge on any atom is -0.0966 e. The molecule has 0 rings (SSSR count). The second-order valence-corrected chi connectivity index (χ2v) is 0.463. The maximum absolute atomic E-state index is 4.76. The molecule has 0 aliphatic carbocycles. The lowest BCUT2D eigenvalue weighted by molar-refractivity contribution is 2.60. The molecule has 0 atom stereocenters. The van der Waals surface area contributed by atoms with Crippen molar-refractivity contribution in [1.29, 1.82) is 0 Å². The van der Waals surface area contributed by atoms with Crippen LogP contribution in [0.15, 0.2) is 12.1 Å². The van der Waals surface area contributed by atoms with Crippen molar-refractivity contribution in [3.63, 3.8) is 0 Å². The average Bonchev–Trinajstić information content (AvgIpc) is 1.46. The standard InChI is InChI=1S/C2H3Cl.CH3Br/c1-2-3;1-2/h2H,1H2;1H3. The van der Waals surface area contributed by atoms with Gasteiger partial charge in [-0.15, -0.1) is 0 Å². The molecule has 2 heteroatoms. The molecule has 32 valence electrons. The molecule has 5 heavy (non-hydrogen) atoms. The first-order valence-electron chi connectivity index (χ1n) is 1.00. The predicted octanol–water partition coefficient (Wildman–Crippen LogP) is 2.38. The van der Waals surface area contributed by atoms with Crippen LogP contribution in [0.1, 0.15) is 0 Å². The molecular weight excluding hydrogens is 151 g/mol. The van der Waals surface area contributed by atoms with Gasteiger partial charge < -0.3 is 0 Å². The van der Waals surface area contributed by atoms with Crippen molar-refractivity contribution in [2.45, 2.75) is 0 Å². The Morgan fingerprint density at radius 2 is 1.80 bits per heavy atom. The Morgan fingerprint density at radius 1 is 1.80 bits per heavy atom. The minimum atomic E-state index is 1.22. The summed E-state index contributed by atoms with van der Waals surface area (Å²) in [4.78, 5) is 0. The third-order valence-corrected chi connectivity index (χ3v) is 0. The molecule has 0 aromatic heterocycles. The number of hydrogen-bond donors (Lipinski definition) is 0. The van der Waals surface area contributed by atoms with Gasteiger partial charge in [-0.1, -0.05) is 34.1 Å². The number of alkyl halides is 1. The first kappa shape index (κ1) is 9.10. The van der Waals surface area contributed by atoms with E-state index < -0.39 is 0 Å². The first-order valence-corrected chi connectivity index (χ1v) is 3.03. The fourth-order valence-electron chi connectivity index (χ4n) is 0. The SMILES string of the molecule is C=CCl.CBr. The molecule has 0 N–H and O–H groups in total. The Morgan fingerprint density at radius 3 is 1.80 bits per heavy atom. The van der Waals surface area contributed by atoms with E-state index in [1.165, 1.54) is 5.54 Å². The van der Waals surface area contributed by atoms with Gasteiger partial charge in [0.1, 0.15) is 0 Å². The van der Waals surface area contributed by atoms with Crippen LogP contribution < -0.4 is 0 Å². The second-order valence-electron chi connectivity index (χ2n) is 0.154. The van der Waals surface area contributed by atoms with Gasteiger partial charge >= 0.3 is 0 Å². The lowest BCUT2D eigenvalue weighted by Crippen LogP contribution is -0.926. The Kier molecular flexibility index (Phi) is 44.3. The van der Waals surface area contributed by atoms with Crippen molar-refractivity contribution in [2.75, 3.05) is 5.83 Å². The number of rotatable bonds is 0. The third kappa shape index (κ3) is 109. The zero-order chi connectivity index (χ0) is 4.71. The van der Waals surface area contributed by atoms with Crippen LogP contribution in [0.25, 0.3) is 0 Å². The van der Waals surface area contributed by atoms with E-state index >= 15 is 0 Å². The van der Waals surface area contributed by atoms with Crippen LogP contribution >= 0.6 is 27.5 Å². The molecule has 0 aromatic rings. The first-order chi connectivity index (χ1) is 2.41. The summed E-state index contributed by atoms with van der Waals surface area (Å²) in [7, 11) is 0. The summed E-state index contributed by atoms with van der Waals surface area (Å²) in [5.74, 6) is 1.81. The molecule has 0 spiro atoms. The summed E-state index contributed by atoms with van der Waals surface area (Å²) in [5, 5.41) is 0. The van der Waals surface area contributed by atoms with Gasteiger partial charge in [-0.3, -0.25) is 0 Å². The van der Waals surface area contributed by atoms with Crippen LogP contribution in [0.5, 0.6) is 0 Å². The summed E-state index contributed by atoms with van der Waals surface area (Å²) in [5.41, 5.74) is 1.22. The Labute approximate surface area is 46.0 Å². The lowest BCUT2D eigenvalue weighted by atomic mass is 11.3. The lowest BCUT2D eigenvalue weighted by Gasteiger charge is -1.27. The van der Waals surface area contributed by atoms with Crippen molar-refractivity contribution in [3.8, 4) is 0 Å². The number of halogens is 2. The van der Waals surface area contributed by atoms with Crippen LogP contribution in [0, 0.1) is 0 Å². The molecule has 0 saturated carbocycles. The van der Waals surface area contributed by atoms with E-state index in [0.29, 0.717) is 0 Å². The molecule has 0 aliphatic rings. The highest BCUT2D eigenvalue weighted by Crippen LogP contribution is 1.60. The highest BCUT2D eigenvalue weighted by atomic mass is 79.9. The Balaban J connectivity index is 0. The van der Waals surface area contributed by atoms with E-state index in [1.807, 2.05) is 5.83 Å². The summed E-state index contributed by atoms with van der Waals surface area (Å²) < 4.78 is 0. The van der Waals surface area contributed by atoms with Crippen LogP contribution in [-0.4, -0.2) is 5.83 Å². The molecule has 0 radical (unpaired) electrons. The molecule has 0 heterocycles. The van der Waals surface area contributed by atoms with Gasteiger partial charge in [0.2, 0.25) is 0 Å². The molecule has 0 bridgehead atoms. The van der Waals surface area contributed by atoms with Crippen LogP contribution in [0.3, 0.4) is 0 Å². The average molecular weight is 157 g/mol. The highest BCUT2D eigenvalue weighted by molar-refractivity contribution is 9.08. The van der Waals surface area contributed by atoms with Gasteiger partial charge in [-0.05, 0) is 11.4 Å². The van der Waals surface area contributed by atoms with Crippen LogP contribution in [-0.2, 0) is 0 Å². The maximum atomic E-state index is 4.76. The van der Waals surface area contributed by atoms with Crippen molar-refractivity contribution in [1.82, 2.24) is 0 Å². The topological polar surface area (TPSA) is 0 Å². The molecule has 0 aromatic carbocycles. The van der Waals surface area contributed by atoms with E-state index in [0.717, 1.165) is 0 Å². The fourth-order valence-corrected chi connectivity index (χ4v) is 0. The van der Waals surface area contributed by atoms with Gasteiger partial charge in [0.05, 0.1) is 0 Å². The van der Waals surface area contributed by atoms with Gasteiger partial charge in [0.15, 0.2) is 0 Å². The van der Waals surface area contributed by atoms with Crippen molar-refractivity contribution in [2.24, 2.45) is 0 Å². The van der Waals surface area contributed by atoms with E-state index in [-0.39, 0.29) is 0 Å². The van der Waals surface area contributed by atoms with Gasteiger partial charge in [-0.2, -0.15) is 0 Å². The summed E-state index contributed by atoms with van der Waals surface area (Å²) in [6, 6.07) is 0. The van der Waals surface area contributed by atoms with Gasteiger partial charge in [-0.25, -0.2) is 0 Å². The summed E-state index contributed by atoms with van der Waals surface area (Å²) >= 11 is 7.70. The molecule has 0 nitrogen and oxygen atoms in total. The van der Waals surface area contributed by atoms with E-state index in [1.54, 1.807) is 0 Å². The smallest absolute Gasteiger partial charge is 0.00296 e. The minimum absolute atomic E-state index is 1.22. The van der Waals surface area contributed by atoms with Crippen molar-refractivity contribution in [3.05, 3.63) is 12.1 Å². The normalized spacial score (nSPS) is 3.80. The monoisotopic (exact) mass is 156 g/mol. The maximum Gasteiger partial charge on any atom is -0.00296 e. The fraction of sp³-hybridized carbons (Fsp3) is 0.333. The molecule has 0 saturated heterocycles. The molecular formula is C3H6BrCl. The molecule has 0 fully saturated rings. The van der Waals surface area contributed by atoms with Gasteiger partial charge in [0.25, 0.3) is 0 Å². The Hall–Kier alpha value is 0.510. The Bertz CT molecular complexity index is 14.4. The van der Waals surface area contributed by atoms with E-state index in [2.05, 4.69) is 22.5 Å². The molecule has 0 amide bonds. The quantitative estimate of drug-likeness (QED) is 0.474. The largest absolute Gasteiger partial charge is 0.0966 e. The van der Waals surface area contributed by atoms with Crippen LogP contribution in [0.2, 0.25) is 0 Å². The zero-order valence-electron chi connectivity index (χ0n) is 3.04. The highest BCUT2D eigenvalue weighted by Gasteiger charge is 1.18. The summed E-state index contributed by atoms with van der Waals surface area (Å²) in [6.45, 7) is 3.13.